The van der Waals surface area contributed by atoms with Crippen LogP contribution in [0.4, 0.5) is 4.39 Å². The Morgan fingerprint density at radius 3 is 2.30 bits per heavy atom. The third-order valence-corrected chi connectivity index (χ3v) is 3.90. The Balaban J connectivity index is 1.84. The highest BCUT2D eigenvalue weighted by molar-refractivity contribution is 6.37. The number of nitrogens with one attached hydrogen (secondary N) is 1. The third-order valence-electron chi connectivity index (χ3n) is 3.34. The third kappa shape index (κ3) is 5.69. The van der Waals surface area contributed by atoms with Crippen LogP contribution in [0.3, 0.4) is 0 Å². The van der Waals surface area contributed by atoms with Crippen LogP contribution in [0.2, 0.25) is 10.0 Å². The first-order valence-electron chi connectivity index (χ1n) is 7.66. The fourth-order valence-corrected chi connectivity index (χ4v) is 2.81. The zero-order chi connectivity index (χ0) is 16.7. The summed E-state index contributed by atoms with van der Waals surface area (Å²) in [5, 5.41) is 4.39. The van der Waals surface area contributed by atoms with Crippen LogP contribution in [0.5, 0.6) is 5.75 Å². The Morgan fingerprint density at radius 1 is 1.04 bits per heavy atom. The van der Waals surface area contributed by atoms with Gasteiger partial charge in [-0.15, -0.1) is 0 Å². The lowest BCUT2D eigenvalue weighted by atomic mass is 10.1. The van der Waals surface area contributed by atoms with Gasteiger partial charge in [-0.2, -0.15) is 0 Å². The molecule has 0 spiro atoms. The van der Waals surface area contributed by atoms with Crippen molar-refractivity contribution in [1.82, 2.24) is 5.32 Å². The van der Waals surface area contributed by atoms with Crippen molar-refractivity contribution in [3.63, 3.8) is 0 Å². The summed E-state index contributed by atoms with van der Waals surface area (Å²) in [6.45, 7) is 4.07. The lowest BCUT2D eigenvalue weighted by molar-refractivity contribution is 0.317. The van der Waals surface area contributed by atoms with Gasteiger partial charge in [0.25, 0.3) is 0 Å². The maximum atomic E-state index is 12.8. The van der Waals surface area contributed by atoms with E-state index in [2.05, 4.69) is 5.32 Å². The Kier molecular flexibility index (Phi) is 7.15. The Hall–Kier alpha value is -1.29. The lowest BCUT2D eigenvalue weighted by Gasteiger charge is -2.12. The fourth-order valence-electron chi connectivity index (χ4n) is 2.17. The van der Waals surface area contributed by atoms with Crippen molar-refractivity contribution in [2.75, 3.05) is 13.2 Å². The SMILES string of the molecule is CCCOc1c(Cl)cc(CNCCc2ccc(F)cc2)cc1Cl. The second kappa shape index (κ2) is 9.11. The van der Waals surface area contributed by atoms with Crippen LogP contribution >= 0.6 is 23.2 Å². The number of halogens is 3. The van der Waals surface area contributed by atoms with Crippen LogP contribution in [0.1, 0.15) is 24.5 Å². The summed E-state index contributed by atoms with van der Waals surface area (Å²) in [4.78, 5) is 0. The summed E-state index contributed by atoms with van der Waals surface area (Å²) >= 11 is 12.4. The molecule has 0 fully saturated rings. The van der Waals surface area contributed by atoms with E-state index in [4.69, 9.17) is 27.9 Å². The fraction of sp³-hybridized carbons (Fsp3) is 0.333. The molecule has 0 saturated carbocycles. The predicted molar refractivity (Wildman–Crippen MR) is 94.1 cm³/mol. The summed E-state index contributed by atoms with van der Waals surface area (Å²) in [6.07, 6.45) is 1.73. The van der Waals surface area contributed by atoms with E-state index in [0.29, 0.717) is 28.9 Å². The van der Waals surface area contributed by atoms with E-state index >= 15 is 0 Å². The molecule has 2 aromatic rings. The molecule has 0 aliphatic heterocycles. The van der Waals surface area contributed by atoms with E-state index < -0.39 is 0 Å². The van der Waals surface area contributed by atoms with Gasteiger partial charge in [0.05, 0.1) is 16.7 Å². The maximum absolute atomic E-state index is 12.8. The molecule has 0 unspecified atom stereocenters. The van der Waals surface area contributed by atoms with Gasteiger partial charge in [0.15, 0.2) is 5.75 Å². The van der Waals surface area contributed by atoms with Crippen molar-refractivity contribution in [1.29, 1.82) is 0 Å². The average molecular weight is 356 g/mol. The van der Waals surface area contributed by atoms with Crippen molar-refractivity contribution in [2.45, 2.75) is 26.3 Å². The van der Waals surface area contributed by atoms with Crippen molar-refractivity contribution in [2.24, 2.45) is 0 Å². The molecule has 2 rings (SSSR count). The first kappa shape index (κ1) is 18.1. The number of hydrogen-bond acceptors (Lipinski definition) is 2. The predicted octanol–water partition coefficient (Wildman–Crippen LogP) is 5.25. The molecule has 5 heteroatoms. The van der Waals surface area contributed by atoms with Gasteiger partial charge in [0.2, 0.25) is 0 Å². The Labute approximate surface area is 146 Å². The molecule has 0 atom stereocenters. The second-order valence-corrected chi connectivity index (χ2v) is 6.10. The van der Waals surface area contributed by atoms with E-state index in [0.717, 1.165) is 30.5 Å². The second-order valence-electron chi connectivity index (χ2n) is 5.29. The summed E-state index contributed by atoms with van der Waals surface area (Å²) in [5.74, 6) is 0.335. The lowest BCUT2D eigenvalue weighted by Crippen LogP contribution is -2.16. The molecular formula is C18H20Cl2FNO. The zero-order valence-corrected chi connectivity index (χ0v) is 14.6. The van der Waals surface area contributed by atoms with Gasteiger partial charge in [0, 0.05) is 6.54 Å². The van der Waals surface area contributed by atoms with Gasteiger partial charge in [0.1, 0.15) is 5.82 Å². The first-order valence-corrected chi connectivity index (χ1v) is 8.41. The number of benzene rings is 2. The summed E-state index contributed by atoms with van der Waals surface area (Å²) < 4.78 is 18.4. The van der Waals surface area contributed by atoms with Crippen molar-refractivity contribution < 1.29 is 9.13 Å². The molecule has 2 aromatic carbocycles. The minimum Gasteiger partial charge on any atom is -0.490 e. The van der Waals surface area contributed by atoms with Gasteiger partial charge >= 0.3 is 0 Å². The minimum atomic E-state index is -0.212. The van der Waals surface area contributed by atoms with Crippen LogP contribution < -0.4 is 10.1 Å². The molecule has 23 heavy (non-hydrogen) atoms. The monoisotopic (exact) mass is 355 g/mol. The largest absolute Gasteiger partial charge is 0.490 e. The van der Waals surface area contributed by atoms with Crippen LogP contribution in [-0.4, -0.2) is 13.2 Å². The Morgan fingerprint density at radius 2 is 1.70 bits per heavy atom. The molecule has 0 saturated heterocycles. The van der Waals surface area contributed by atoms with Gasteiger partial charge in [-0.1, -0.05) is 42.3 Å². The van der Waals surface area contributed by atoms with Crippen LogP contribution in [0, 0.1) is 5.82 Å². The van der Waals surface area contributed by atoms with Crippen molar-refractivity contribution >= 4 is 23.2 Å². The molecule has 2 nitrogen and oxygen atoms in total. The molecule has 0 bridgehead atoms. The van der Waals surface area contributed by atoms with E-state index in [9.17, 15) is 4.39 Å². The number of hydrogen-bond donors (Lipinski definition) is 1. The minimum absolute atomic E-state index is 0.212. The summed E-state index contributed by atoms with van der Waals surface area (Å²) in [5.41, 5.74) is 2.10. The van der Waals surface area contributed by atoms with Crippen molar-refractivity contribution in [3.05, 3.63) is 63.4 Å². The van der Waals surface area contributed by atoms with E-state index in [1.807, 2.05) is 19.1 Å². The molecule has 1 N–H and O–H groups in total. The number of ether oxygens (including phenoxy) is 1. The normalized spacial score (nSPS) is 10.8. The summed E-state index contributed by atoms with van der Waals surface area (Å²) in [6, 6.07) is 10.3. The first-order chi connectivity index (χ1) is 11.1. The highest BCUT2D eigenvalue weighted by atomic mass is 35.5. The topological polar surface area (TPSA) is 21.3 Å². The maximum Gasteiger partial charge on any atom is 0.156 e. The molecule has 0 radical (unpaired) electrons. The van der Waals surface area contributed by atoms with E-state index in [1.54, 1.807) is 12.1 Å². The van der Waals surface area contributed by atoms with Gasteiger partial charge < -0.3 is 10.1 Å². The van der Waals surface area contributed by atoms with Gasteiger partial charge in [-0.3, -0.25) is 0 Å². The quantitative estimate of drug-likeness (QED) is 0.652. The van der Waals surface area contributed by atoms with Gasteiger partial charge in [-0.05, 0) is 54.8 Å². The highest BCUT2D eigenvalue weighted by Gasteiger charge is 2.09. The molecule has 124 valence electrons. The van der Waals surface area contributed by atoms with Crippen LogP contribution in [0.15, 0.2) is 36.4 Å². The average Bonchev–Trinajstić information content (AvgIpc) is 2.52. The molecule has 0 amide bonds. The van der Waals surface area contributed by atoms with Crippen LogP contribution in [-0.2, 0) is 13.0 Å². The van der Waals surface area contributed by atoms with Gasteiger partial charge in [-0.25, -0.2) is 4.39 Å². The molecule has 0 aromatic heterocycles. The van der Waals surface area contributed by atoms with Crippen LogP contribution in [0.25, 0.3) is 0 Å². The molecular weight excluding hydrogens is 336 g/mol. The Bertz CT molecular complexity index is 608. The highest BCUT2D eigenvalue weighted by Crippen LogP contribution is 2.34. The standard InChI is InChI=1S/C18H20Cl2FNO/c1-2-9-23-18-16(19)10-14(11-17(18)20)12-22-8-7-13-3-5-15(21)6-4-13/h3-6,10-11,22H,2,7-9,12H2,1H3. The molecule has 0 aliphatic carbocycles. The van der Waals surface area contributed by atoms with E-state index in [1.165, 1.54) is 12.1 Å². The van der Waals surface area contributed by atoms with Crippen molar-refractivity contribution in [3.8, 4) is 5.75 Å². The summed E-state index contributed by atoms with van der Waals surface area (Å²) in [7, 11) is 0. The molecule has 0 heterocycles. The number of rotatable bonds is 8. The zero-order valence-electron chi connectivity index (χ0n) is 13.0. The molecule has 0 aliphatic rings. The van der Waals surface area contributed by atoms with E-state index in [-0.39, 0.29) is 5.82 Å². The smallest absolute Gasteiger partial charge is 0.156 e.